The van der Waals surface area contributed by atoms with Crippen molar-refractivity contribution in [3.63, 3.8) is 0 Å². The van der Waals surface area contributed by atoms with Crippen LogP contribution < -0.4 is 0 Å². The van der Waals surface area contributed by atoms with Crippen LogP contribution in [0.2, 0.25) is 0 Å². The number of rotatable bonds is 6. The van der Waals surface area contributed by atoms with Gasteiger partial charge in [0, 0.05) is 34.0 Å². The van der Waals surface area contributed by atoms with E-state index in [0.29, 0.717) is 50.7 Å². The zero-order chi connectivity index (χ0) is 27.6. The van der Waals surface area contributed by atoms with Crippen LogP contribution in [0.5, 0.6) is 0 Å². The van der Waals surface area contributed by atoms with Gasteiger partial charge in [0.05, 0.1) is 25.0 Å². The first-order chi connectivity index (χ1) is 16.9. The summed E-state index contributed by atoms with van der Waals surface area (Å²) in [6.07, 6.45) is 7.32. The number of fused-ring (bicyclic) bond motifs is 2. The van der Waals surface area contributed by atoms with Gasteiger partial charge in [0.1, 0.15) is 0 Å². The van der Waals surface area contributed by atoms with Gasteiger partial charge in [-0.1, -0.05) is 12.2 Å². The first-order valence-electron chi connectivity index (χ1n) is 13.9. The molecule has 4 aliphatic rings. The Morgan fingerprint density at radius 1 is 0.649 bits per heavy atom. The molecular weight excluding hydrogens is 472 g/mol. The first-order valence-corrected chi connectivity index (χ1v) is 13.9. The summed E-state index contributed by atoms with van der Waals surface area (Å²) in [5.41, 5.74) is -2.49. The molecule has 0 spiro atoms. The lowest BCUT2D eigenvalue weighted by atomic mass is 9.75. The summed E-state index contributed by atoms with van der Waals surface area (Å²) >= 11 is 0. The molecule has 0 aromatic carbocycles. The number of nitrogens with zero attached hydrogens (tertiary/aromatic N) is 2. The van der Waals surface area contributed by atoms with Crippen LogP contribution in [-0.4, -0.2) is 57.4 Å². The van der Waals surface area contributed by atoms with Crippen molar-refractivity contribution in [2.75, 3.05) is 13.2 Å². The highest BCUT2D eigenvalue weighted by Gasteiger charge is 2.51. The van der Waals surface area contributed by atoms with Gasteiger partial charge in [-0.05, 0) is 99.3 Å². The molecule has 2 heterocycles. The molecule has 3 fully saturated rings. The van der Waals surface area contributed by atoms with Gasteiger partial charge in [-0.2, -0.15) is 0 Å². The molecule has 37 heavy (non-hydrogen) atoms. The molecule has 2 bridgehead atoms. The van der Waals surface area contributed by atoms with Gasteiger partial charge in [-0.25, -0.2) is 0 Å². The predicted octanol–water partition coefficient (Wildman–Crippen LogP) is 4.74. The third kappa shape index (κ3) is 5.49. The zero-order valence-electron chi connectivity index (χ0n) is 23.9. The molecule has 2 aliphatic carbocycles. The first kappa shape index (κ1) is 28.5. The van der Waals surface area contributed by atoms with Crippen molar-refractivity contribution in [3.05, 3.63) is 12.2 Å². The Balaban J connectivity index is 1.34. The number of ether oxygens (including phenoxy) is 2. The van der Waals surface area contributed by atoms with Crippen LogP contribution in [-0.2, 0) is 29.5 Å². The molecule has 8 nitrogen and oxygen atoms in total. The van der Waals surface area contributed by atoms with E-state index in [9.17, 15) is 20.0 Å². The van der Waals surface area contributed by atoms with E-state index in [0.717, 1.165) is 16.5 Å². The van der Waals surface area contributed by atoms with E-state index in [4.69, 9.17) is 9.47 Å². The second-order valence-electron chi connectivity index (χ2n) is 14.6. The topological polar surface area (TPSA) is 98.9 Å². The van der Waals surface area contributed by atoms with Gasteiger partial charge < -0.3 is 9.47 Å². The second-order valence-corrected chi connectivity index (χ2v) is 14.6. The molecule has 4 rings (SSSR count). The largest absolute Gasteiger partial charge is 0.465 e. The van der Waals surface area contributed by atoms with Crippen LogP contribution in [0.15, 0.2) is 12.2 Å². The summed E-state index contributed by atoms with van der Waals surface area (Å²) < 4.78 is 11.8. The van der Waals surface area contributed by atoms with Crippen molar-refractivity contribution in [2.24, 2.45) is 35.5 Å². The minimum atomic E-state index is -0.622. The number of hydrogen-bond acceptors (Lipinski definition) is 6. The molecule has 2 aliphatic heterocycles. The second kappa shape index (κ2) is 9.61. The van der Waals surface area contributed by atoms with Crippen LogP contribution >= 0.6 is 0 Å². The van der Waals surface area contributed by atoms with Crippen LogP contribution in [0.25, 0.3) is 0 Å². The number of carbonyl (C=O) groups excluding carboxylic acids is 2. The monoisotopic (exact) mass is 518 g/mol. The Morgan fingerprint density at radius 3 is 1.24 bits per heavy atom. The minimum Gasteiger partial charge on any atom is -0.465 e. The maximum atomic E-state index is 13.1. The standard InChI is InChI=1S/C29H46N2O6/c1-26(2)12-20(13-27(3,4)30(26)34)24(32)36-16-22-18-9-10-19(11-18)23(22)17-37-25(33)21-14-28(5,6)31(35)29(7,8)15-21/h9-10,18-23H,11-17H2,1-8H3. The fraction of sp³-hybridized carbons (Fsp3) is 0.862. The highest BCUT2D eigenvalue weighted by molar-refractivity contribution is 5.73. The summed E-state index contributed by atoms with van der Waals surface area (Å²) in [6.45, 7) is 15.7. The zero-order valence-corrected chi connectivity index (χ0v) is 23.9. The maximum Gasteiger partial charge on any atom is 0.309 e. The summed E-state index contributed by atoms with van der Waals surface area (Å²) in [5, 5.41) is 27.6. The van der Waals surface area contributed by atoms with Gasteiger partial charge in [0.2, 0.25) is 0 Å². The lowest BCUT2D eigenvalue weighted by Crippen LogP contribution is -2.59. The number of carbonyl (C=O) groups is 2. The molecule has 4 atom stereocenters. The molecule has 0 aromatic heterocycles. The van der Waals surface area contributed by atoms with E-state index < -0.39 is 22.2 Å². The lowest BCUT2D eigenvalue weighted by Gasteiger charge is -2.49. The normalized spacial score (nSPS) is 35.0. The number of allylic oxidation sites excluding steroid dienone is 2. The van der Waals surface area contributed by atoms with Gasteiger partial charge in [-0.3, -0.25) is 9.59 Å². The summed E-state index contributed by atoms with van der Waals surface area (Å²) in [4.78, 5) is 26.2. The van der Waals surface area contributed by atoms with Crippen LogP contribution in [0.4, 0.5) is 0 Å². The summed E-state index contributed by atoms with van der Waals surface area (Å²) in [6, 6.07) is 0. The minimum absolute atomic E-state index is 0.115. The highest BCUT2D eigenvalue weighted by Crippen LogP contribution is 2.49. The van der Waals surface area contributed by atoms with Crippen LogP contribution in [0.3, 0.4) is 0 Å². The van der Waals surface area contributed by atoms with E-state index in [-0.39, 0.29) is 35.6 Å². The van der Waals surface area contributed by atoms with Gasteiger partial charge in [-0.15, -0.1) is 20.5 Å². The third-order valence-corrected chi connectivity index (χ3v) is 9.49. The lowest BCUT2D eigenvalue weighted by molar-refractivity contribution is -0.293. The van der Waals surface area contributed by atoms with Crippen molar-refractivity contribution in [2.45, 2.75) is 110 Å². The van der Waals surface area contributed by atoms with Crippen LogP contribution in [0, 0.1) is 35.5 Å². The van der Waals surface area contributed by atoms with Crippen molar-refractivity contribution in [3.8, 4) is 0 Å². The number of hydroxylamine groups is 4. The average molecular weight is 519 g/mol. The molecular formula is C29H46N2O6. The molecule has 0 N–H and O–H groups in total. The average Bonchev–Trinajstić information content (AvgIpc) is 3.38. The van der Waals surface area contributed by atoms with Gasteiger partial charge >= 0.3 is 11.9 Å². The van der Waals surface area contributed by atoms with Gasteiger partial charge in [0.25, 0.3) is 0 Å². The predicted molar refractivity (Wildman–Crippen MR) is 136 cm³/mol. The summed E-state index contributed by atoms with van der Waals surface area (Å²) in [5.74, 6) is -0.207. The molecule has 2 saturated heterocycles. The Morgan fingerprint density at radius 2 is 0.946 bits per heavy atom. The highest BCUT2D eigenvalue weighted by atomic mass is 16.5. The van der Waals surface area contributed by atoms with E-state index in [1.807, 2.05) is 55.4 Å². The Hall–Kier alpha value is -1.48. The molecule has 2 radical (unpaired) electrons. The van der Waals surface area contributed by atoms with Crippen molar-refractivity contribution >= 4 is 11.9 Å². The Labute approximate surface area is 222 Å². The van der Waals surface area contributed by atoms with Crippen molar-refractivity contribution in [1.82, 2.24) is 10.1 Å². The SMILES string of the molecule is CC1(C)CC(C(=O)OCC2C3C=CC(C3)C2COC(=O)C2CC(C)(C)N([O])C(C)(C)C2)CC(C)(C)N1[O]. The Bertz CT molecular complexity index is 817. The molecule has 0 aromatic rings. The smallest absolute Gasteiger partial charge is 0.309 e. The number of hydrogen-bond donors (Lipinski definition) is 0. The third-order valence-electron chi connectivity index (χ3n) is 9.49. The molecule has 208 valence electrons. The molecule has 1 saturated carbocycles. The van der Waals surface area contributed by atoms with Crippen LogP contribution in [0.1, 0.15) is 87.5 Å². The summed E-state index contributed by atoms with van der Waals surface area (Å²) in [7, 11) is 0. The Kier molecular flexibility index (Phi) is 7.41. The fourth-order valence-electron chi connectivity index (χ4n) is 7.97. The molecule has 8 heteroatoms. The van der Waals surface area contributed by atoms with E-state index >= 15 is 0 Å². The van der Waals surface area contributed by atoms with E-state index in [1.165, 1.54) is 0 Å². The van der Waals surface area contributed by atoms with Crippen molar-refractivity contribution in [1.29, 1.82) is 0 Å². The van der Waals surface area contributed by atoms with E-state index in [2.05, 4.69) is 12.2 Å². The number of esters is 2. The molecule has 0 amide bonds. The molecule has 4 unspecified atom stereocenters. The maximum absolute atomic E-state index is 13.1. The van der Waals surface area contributed by atoms with Crippen molar-refractivity contribution < 1.29 is 29.5 Å². The number of piperidine rings is 2. The van der Waals surface area contributed by atoms with Gasteiger partial charge in [0.15, 0.2) is 0 Å². The van der Waals surface area contributed by atoms with E-state index in [1.54, 1.807) is 0 Å². The fourth-order valence-corrected chi connectivity index (χ4v) is 7.97. The quantitative estimate of drug-likeness (QED) is 0.372.